The van der Waals surface area contributed by atoms with Crippen molar-refractivity contribution < 1.29 is 9.94 Å². The molecule has 2 rings (SSSR count). The molecule has 2 heterocycles. The number of ether oxygens (including phenoxy) is 1. The van der Waals surface area contributed by atoms with Crippen molar-refractivity contribution in [2.75, 3.05) is 0 Å². The number of pyridine rings is 1. The fourth-order valence-electron chi connectivity index (χ4n) is 1.24. The Labute approximate surface area is 102 Å². The Balaban J connectivity index is 2.06. The summed E-state index contributed by atoms with van der Waals surface area (Å²) in [6, 6.07) is 7.32. The number of nitrogens with two attached hydrogens (primary N) is 1. The number of oxime groups is 1. The average molecular weight is 249 g/mol. The second kappa shape index (κ2) is 5.31. The van der Waals surface area contributed by atoms with Gasteiger partial charge < -0.3 is 15.7 Å². The minimum atomic E-state index is -0.0356. The summed E-state index contributed by atoms with van der Waals surface area (Å²) in [4.78, 5) is 5.09. The highest BCUT2D eigenvalue weighted by atomic mass is 32.1. The zero-order chi connectivity index (χ0) is 12.1. The van der Waals surface area contributed by atoms with E-state index in [0.717, 1.165) is 4.88 Å². The number of thiophene rings is 1. The SMILES string of the molecule is NC(=NO)c1cc(OCc2cccs2)ccn1. The minimum absolute atomic E-state index is 0.0356. The molecule has 0 aliphatic rings. The van der Waals surface area contributed by atoms with Crippen molar-refractivity contribution in [2.24, 2.45) is 10.9 Å². The molecule has 2 aromatic rings. The highest BCUT2D eigenvalue weighted by Crippen LogP contribution is 2.15. The highest BCUT2D eigenvalue weighted by Gasteiger charge is 2.03. The third-order valence-electron chi connectivity index (χ3n) is 2.06. The number of hydrogen-bond acceptors (Lipinski definition) is 5. The first-order valence-corrected chi connectivity index (χ1v) is 5.76. The second-order valence-corrected chi connectivity index (χ2v) is 4.26. The third-order valence-corrected chi connectivity index (χ3v) is 2.91. The van der Waals surface area contributed by atoms with E-state index in [4.69, 9.17) is 15.7 Å². The molecule has 0 amide bonds. The van der Waals surface area contributed by atoms with Gasteiger partial charge in [-0.05, 0) is 17.5 Å². The number of hydrogen-bond donors (Lipinski definition) is 2. The molecular weight excluding hydrogens is 238 g/mol. The lowest BCUT2D eigenvalue weighted by Crippen LogP contribution is -2.14. The van der Waals surface area contributed by atoms with Crippen molar-refractivity contribution in [3.63, 3.8) is 0 Å². The van der Waals surface area contributed by atoms with Gasteiger partial charge in [0.15, 0.2) is 5.84 Å². The largest absolute Gasteiger partial charge is 0.488 e. The first kappa shape index (κ1) is 11.4. The molecule has 17 heavy (non-hydrogen) atoms. The third kappa shape index (κ3) is 2.94. The molecule has 0 saturated heterocycles. The summed E-state index contributed by atoms with van der Waals surface area (Å²) in [7, 11) is 0. The zero-order valence-electron chi connectivity index (χ0n) is 8.91. The summed E-state index contributed by atoms with van der Waals surface area (Å²) in [5.41, 5.74) is 5.82. The van der Waals surface area contributed by atoms with E-state index in [0.29, 0.717) is 18.1 Å². The quantitative estimate of drug-likeness (QED) is 0.375. The van der Waals surface area contributed by atoms with Gasteiger partial charge >= 0.3 is 0 Å². The lowest BCUT2D eigenvalue weighted by atomic mass is 10.3. The van der Waals surface area contributed by atoms with Crippen molar-refractivity contribution in [3.8, 4) is 5.75 Å². The highest BCUT2D eigenvalue weighted by molar-refractivity contribution is 7.09. The molecule has 0 bridgehead atoms. The summed E-state index contributed by atoms with van der Waals surface area (Å²) < 4.78 is 5.56. The van der Waals surface area contributed by atoms with E-state index in [9.17, 15) is 0 Å². The molecule has 0 saturated carbocycles. The van der Waals surface area contributed by atoms with E-state index in [-0.39, 0.29) is 5.84 Å². The standard InChI is InChI=1S/C11H11N3O2S/c12-11(14-15)10-6-8(3-4-13-10)16-7-9-2-1-5-17-9/h1-6,15H,7H2,(H2,12,14). The molecular formula is C11H11N3O2S. The van der Waals surface area contributed by atoms with Crippen LogP contribution in [0, 0.1) is 0 Å². The molecule has 5 nitrogen and oxygen atoms in total. The summed E-state index contributed by atoms with van der Waals surface area (Å²) in [6.45, 7) is 0.497. The summed E-state index contributed by atoms with van der Waals surface area (Å²) in [5, 5.41) is 13.4. The van der Waals surface area contributed by atoms with Gasteiger partial charge in [0.2, 0.25) is 0 Å². The van der Waals surface area contributed by atoms with Crippen molar-refractivity contribution in [2.45, 2.75) is 6.61 Å². The molecule has 0 aromatic carbocycles. The van der Waals surface area contributed by atoms with Crippen molar-refractivity contribution in [1.29, 1.82) is 0 Å². The fourth-order valence-corrected chi connectivity index (χ4v) is 1.86. The van der Waals surface area contributed by atoms with Gasteiger partial charge in [0.1, 0.15) is 18.1 Å². The van der Waals surface area contributed by atoms with Gasteiger partial charge in [0, 0.05) is 17.1 Å². The Kier molecular flexibility index (Phi) is 3.56. The van der Waals surface area contributed by atoms with Crippen LogP contribution in [-0.4, -0.2) is 16.0 Å². The number of rotatable bonds is 4. The van der Waals surface area contributed by atoms with Gasteiger partial charge in [0.05, 0.1) is 0 Å². The van der Waals surface area contributed by atoms with Crippen LogP contribution >= 0.6 is 11.3 Å². The molecule has 0 atom stereocenters. The second-order valence-electron chi connectivity index (χ2n) is 3.23. The Bertz CT molecular complexity index is 511. The topological polar surface area (TPSA) is 80.7 Å². The van der Waals surface area contributed by atoms with Gasteiger partial charge in [0.25, 0.3) is 0 Å². The maximum Gasteiger partial charge on any atom is 0.188 e. The molecule has 2 aromatic heterocycles. The Morgan fingerprint density at radius 3 is 3.12 bits per heavy atom. The van der Waals surface area contributed by atoms with Gasteiger partial charge in [-0.25, -0.2) is 0 Å². The van der Waals surface area contributed by atoms with Crippen LogP contribution in [0.15, 0.2) is 41.0 Å². The number of amidine groups is 1. The maximum atomic E-state index is 8.54. The minimum Gasteiger partial charge on any atom is -0.488 e. The van der Waals surface area contributed by atoms with E-state index in [1.54, 1.807) is 29.7 Å². The molecule has 0 fully saturated rings. The van der Waals surface area contributed by atoms with Crippen LogP contribution in [0.4, 0.5) is 0 Å². The summed E-state index contributed by atoms with van der Waals surface area (Å²) in [5.74, 6) is 0.599. The summed E-state index contributed by atoms with van der Waals surface area (Å²) >= 11 is 1.63. The molecule has 6 heteroatoms. The average Bonchev–Trinajstić information content (AvgIpc) is 2.89. The van der Waals surface area contributed by atoms with Crippen LogP contribution in [0.5, 0.6) is 5.75 Å². The maximum absolute atomic E-state index is 8.54. The van der Waals surface area contributed by atoms with Crippen molar-refractivity contribution in [1.82, 2.24) is 4.98 Å². The van der Waals surface area contributed by atoms with Crippen LogP contribution in [0.25, 0.3) is 0 Å². The predicted octanol–water partition coefficient (Wildman–Crippen LogP) is 1.82. The van der Waals surface area contributed by atoms with Crippen molar-refractivity contribution in [3.05, 3.63) is 46.4 Å². The smallest absolute Gasteiger partial charge is 0.188 e. The summed E-state index contributed by atoms with van der Waals surface area (Å²) in [6.07, 6.45) is 1.55. The van der Waals surface area contributed by atoms with Crippen LogP contribution in [0.3, 0.4) is 0 Å². The van der Waals surface area contributed by atoms with Crippen LogP contribution in [0.1, 0.15) is 10.6 Å². The monoisotopic (exact) mass is 249 g/mol. The van der Waals surface area contributed by atoms with Crippen LogP contribution in [-0.2, 0) is 6.61 Å². The molecule has 0 aliphatic carbocycles. The van der Waals surface area contributed by atoms with Gasteiger partial charge in [-0.15, -0.1) is 11.3 Å². The van der Waals surface area contributed by atoms with Gasteiger partial charge in [-0.3, -0.25) is 4.98 Å². The van der Waals surface area contributed by atoms with E-state index < -0.39 is 0 Å². The van der Waals surface area contributed by atoms with E-state index in [1.807, 2.05) is 17.5 Å². The molecule has 88 valence electrons. The first-order valence-electron chi connectivity index (χ1n) is 4.88. The zero-order valence-corrected chi connectivity index (χ0v) is 9.72. The lowest BCUT2D eigenvalue weighted by Gasteiger charge is -2.05. The van der Waals surface area contributed by atoms with E-state index in [1.165, 1.54) is 0 Å². The lowest BCUT2D eigenvalue weighted by molar-refractivity contribution is 0.309. The Morgan fingerprint density at radius 1 is 1.53 bits per heavy atom. The van der Waals surface area contributed by atoms with Crippen LogP contribution < -0.4 is 10.5 Å². The first-order chi connectivity index (χ1) is 8.29. The number of nitrogens with zero attached hydrogens (tertiary/aromatic N) is 2. The van der Waals surface area contributed by atoms with E-state index >= 15 is 0 Å². The van der Waals surface area contributed by atoms with E-state index in [2.05, 4.69) is 10.1 Å². The molecule has 0 unspecified atom stereocenters. The van der Waals surface area contributed by atoms with Gasteiger partial charge in [-0.2, -0.15) is 0 Å². The molecule has 0 aliphatic heterocycles. The normalized spacial score (nSPS) is 11.4. The Morgan fingerprint density at radius 2 is 2.41 bits per heavy atom. The number of aromatic nitrogens is 1. The molecule has 0 radical (unpaired) electrons. The van der Waals surface area contributed by atoms with Crippen LogP contribution in [0.2, 0.25) is 0 Å². The Hall–Kier alpha value is -2.08. The van der Waals surface area contributed by atoms with Gasteiger partial charge in [-0.1, -0.05) is 11.2 Å². The van der Waals surface area contributed by atoms with Crippen molar-refractivity contribution >= 4 is 17.2 Å². The fraction of sp³-hybridized carbons (Fsp3) is 0.0909. The molecule has 0 spiro atoms. The predicted molar refractivity (Wildman–Crippen MR) is 65.4 cm³/mol. The molecule has 3 N–H and O–H groups in total.